The topological polar surface area (TPSA) is 75.9 Å². The summed E-state index contributed by atoms with van der Waals surface area (Å²) >= 11 is 0. The highest BCUT2D eigenvalue weighted by molar-refractivity contribution is 5.92. The molecule has 0 bridgehead atoms. The fraction of sp³-hybridized carbons (Fsp3) is 0.600. The van der Waals surface area contributed by atoms with Gasteiger partial charge in [-0.25, -0.2) is 9.97 Å². The maximum absolute atomic E-state index is 12.0. The van der Waals surface area contributed by atoms with Crippen molar-refractivity contribution in [3.63, 3.8) is 0 Å². The molecule has 22 heavy (non-hydrogen) atoms. The molecule has 1 atom stereocenters. The monoisotopic (exact) mass is 302 g/mol. The summed E-state index contributed by atoms with van der Waals surface area (Å²) in [5, 5.41) is 8.08. The quantitative estimate of drug-likeness (QED) is 0.850. The molecule has 1 N–H and O–H groups in total. The predicted octanol–water partition coefficient (Wildman–Crippen LogP) is 0.985. The highest BCUT2D eigenvalue weighted by Crippen LogP contribution is 2.29. The number of aromatic nitrogens is 4. The van der Waals surface area contributed by atoms with Gasteiger partial charge in [-0.3, -0.25) is 9.48 Å². The molecule has 1 saturated heterocycles. The van der Waals surface area contributed by atoms with Crippen LogP contribution in [0.2, 0.25) is 0 Å². The molecule has 1 aliphatic heterocycles. The maximum atomic E-state index is 12.0. The number of piperazine rings is 1. The normalized spacial score (nSPS) is 19.6. The van der Waals surface area contributed by atoms with Crippen LogP contribution in [0.3, 0.4) is 0 Å². The number of fused-ring (bicyclic) bond motifs is 1. The van der Waals surface area contributed by atoms with E-state index in [0.29, 0.717) is 6.54 Å². The van der Waals surface area contributed by atoms with E-state index in [1.165, 1.54) is 0 Å². The molecular weight excluding hydrogens is 280 g/mol. The molecule has 3 rings (SSSR count). The number of hydrogen-bond donors (Lipinski definition) is 1. The molecule has 118 valence electrons. The highest BCUT2D eigenvalue weighted by atomic mass is 16.2. The number of anilines is 1. The van der Waals surface area contributed by atoms with Crippen LogP contribution in [0.5, 0.6) is 0 Å². The Kier molecular flexibility index (Phi) is 3.30. The summed E-state index contributed by atoms with van der Waals surface area (Å²) < 4.78 is 1.75. The van der Waals surface area contributed by atoms with Crippen LogP contribution in [-0.4, -0.2) is 44.8 Å². The van der Waals surface area contributed by atoms with Crippen molar-refractivity contribution in [2.45, 2.75) is 39.2 Å². The Morgan fingerprint density at radius 3 is 2.73 bits per heavy atom. The molecule has 3 heterocycles. The van der Waals surface area contributed by atoms with Crippen LogP contribution in [0.4, 0.5) is 5.82 Å². The smallest absolute Gasteiger partial charge is 0.242 e. The van der Waals surface area contributed by atoms with Gasteiger partial charge in [0, 0.05) is 25.6 Å². The lowest BCUT2D eigenvalue weighted by atomic mass is 9.95. The Morgan fingerprint density at radius 2 is 2.05 bits per heavy atom. The van der Waals surface area contributed by atoms with Gasteiger partial charge in [0.1, 0.15) is 17.7 Å². The second kappa shape index (κ2) is 4.93. The molecule has 7 heteroatoms. The third-order valence-corrected chi connectivity index (χ3v) is 4.01. The lowest BCUT2D eigenvalue weighted by Gasteiger charge is -2.34. The molecular formula is C15H22N6O. The zero-order chi connectivity index (χ0) is 16.1. The molecule has 0 aliphatic carbocycles. The van der Waals surface area contributed by atoms with Gasteiger partial charge in [0.25, 0.3) is 0 Å². The molecule has 0 unspecified atom stereocenters. The van der Waals surface area contributed by atoms with Gasteiger partial charge < -0.3 is 10.2 Å². The standard InChI is InChI=1S/C15H22N6O/c1-9-13(22)16-6-7-21(9)12-10-8-17-20(5)11(10)18-14(19-12)15(2,3)4/h8-9H,6-7H2,1-5H3,(H,16,22)/t9-/m0/s1. The molecule has 2 aromatic rings. The van der Waals surface area contributed by atoms with Crippen molar-refractivity contribution in [2.75, 3.05) is 18.0 Å². The number of aryl methyl sites for hydroxylation is 1. The van der Waals surface area contributed by atoms with Crippen LogP contribution in [0, 0.1) is 0 Å². The first kappa shape index (κ1) is 14.7. The molecule has 0 aromatic carbocycles. The molecule has 0 radical (unpaired) electrons. The van der Waals surface area contributed by atoms with Crippen molar-refractivity contribution < 1.29 is 4.79 Å². The minimum atomic E-state index is -0.250. The molecule has 1 amide bonds. The van der Waals surface area contributed by atoms with Gasteiger partial charge in [0.05, 0.1) is 11.6 Å². The number of nitrogens with one attached hydrogen (secondary N) is 1. The molecule has 2 aromatic heterocycles. The third-order valence-electron chi connectivity index (χ3n) is 4.01. The second-order valence-electron chi connectivity index (χ2n) is 6.79. The first-order valence-corrected chi connectivity index (χ1v) is 7.53. The SMILES string of the molecule is C[C@H]1C(=O)NCCN1c1nc(C(C)(C)C)nc2c1cnn2C. The van der Waals surface area contributed by atoms with E-state index >= 15 is 0 Å². The number of carbonyl (C=O) groups is 1. The van der Waals surface area contributed by atoms with E-state index in [2.05, 4.69) is 36.2 Å². The number of amides is 1. The Bertz CT molecular complexity index is 729. The highest BCUT2D eigenvalue weighted by Gasteiger charge is 2.30. The Morgan fingerprint density at radius 1 is 1.32 bits per heavy atom. The van der Waals surface area contributed by atoms with Crippen molar-refractivity contribution in [1.82, 2.24) is 25.1 Å². The van der Waals surface area contributed by atoms with E-state index in [4.69, 9.17) is 4.98 Å². The average molecular weight is 302 g/mol. The van der Waals surface area contributed by atoms with E-state index in [0.717, 1.165) is 29.2 Å². The zero-order valence-corrected chi connectivity index (χ0v) is 13.7. The molecule has 0 saturated carbocycles. The summed E-state index contributed by atoms with van der Waals surface area (Å²) in [6.07, 6.45) is 1.77. The van der Waals surface area contributed by atoms with Crippen molar-refractivity contribution in [3.8, 4) is 0 Å². The van der Waals surface area contributed by atoms with E-state index in [-0.39, 0.29) is 17.4 Å². The van der Waals surface area contributed by atoms with Crippen LogP contribution in [0.25, 0.3) is 11.0 Å². The Labute approximate surface area is 129 Å². The average Bonchev–Trinajstić information content (AvgIpc) is 2.82. The number of carbonyl (C=O) groups excluding carboxylic acids is 1. The molecule has 7 nitrogen and oxygen atoms in total. The van der Waals surface area contributed by atoms with Crippen molar-refractivity contribution >= 4 is 22.8 Å². The minimum Gasteiger partial charge on any atom is -0.353 e. The van der Waals surface area contributed by atoms with Gasteiger partial charge in [-0.05, 0) is 6.92 Å². The van der Waals surface area contributed by atoms with Crippen LogP contribution in [-0.2, 0) is 17.3 Å². The van der Waals surface area contributed by atoms with Crippen molar-refractivity contribution in [2.24, 2.45) is 7.05 Å². The molecule has 1 fully saturated rings. The van der Waals surface area contributed by atoms with Crippen LogP contribution in [0.15, 0.2) is 6.20 Å². The van der Waals surface area contributed by atoms with Crippen LogP contribution < -0.4 is 10.2 Å². The summed E-state index contributed by atoms with van der Waals surface area (Å²) in [5.74, 6) is 1.58. The van der Waals surface area contributed by atoms with Gasteiger partial charge in [-0.15, -0.1) is 0 Å². The van der Waals surface area contributed by atoms with Gasteiger partial charge in [-0.1, -0.05) is 20.8 Å². The predicted molar refractivity (Wildman–Crippen MR) is 84.8 cm³/mol. The summed E-state index contributed by atoms with van der Waals surface area (Å²) in [4.78, 5) is 23.5. The maximum Gasteiger partial charge on any atom is 0.242 e. The van der Waals surface area contributed by atoms with Crippen molar-refractivity contribution in [3.05, 3.63) is 12.0 Å². The van der Waals surface area contributed by atoms with E-state index < -0.39 is 0 Å². The van der Waals surface area contributed by atoms with E-state index in [1.807, 2.05) is 18.9 Å². The van der Waals surface area contributed by atoms with Gasteiger partial charge >= 0.3 is 0 Å². The van der Waals surface area contributed by atoms with Gasteiger partial charge in [0.15, 0.2) is 5.65 Å². The minimum absolute atomic E-state index is 0.0270. The second-order valence-corrected chi connectivity index (χ2v) is 6.79. The summed E-state index contributed by atoms with van der Waals surface area (Å²) in [7, 11) is 1.87. The summed E-state index contributed by atoms with van der Waals surface area (Å²) in [6.45, 7) is 9.51. The molecule has 1 aliphatic rings. The van der Waals surface area contributed by atoms with Crippen molar-refractivity contribution in [1.29, 1.82) is 0 Å². The summed E-state index contributed by atoms with van der Waals surface area (Å²) in [6, 6.07) is -0.250. The first-order valence-electron chi connectivity index (χ1n) is 7.53. The van der Waals surface area contributed by atoms with Crippen LogP contribution >= 0.6 is 0 Å². The zero-order valence-electron chi connectivity index (χ0n) is 13.7. The fourth-order valence-electron chi connectivity index (χ4n) is 2.63. The number of hydrogen-bond acceptors (Lipinski definition) is 5. The van der Waals surface area contributed by atoms with E-state index in [9.17, 15) is 4.79 Å². The largest absolute Gasteiger partial charge is 0.353 e. The van der Waals surface area contributed by atoms with Gasteiger partial charge in [-0.2, -0.15) is 5.10 Å². The lowest BCUT2D eigenvalue weighted by molar-refractivity contribution is -0.122. The fourth-order valence-corrected chi connectivity index (χ4v) is 2.63. The molecule has 0 spiro atoms. The van der Waals surface area contributed by atoms with E-state index in [1.54, 1.807) is 10.9 Å². The van der Waals surface area contributed by atoms with Gasteiger partial charge in [0.2, 0.25) is 5.91 Å². The number of nitrogens with zero attached hydrogens (tertiary/aromatic N) is 5. The Hall–Kier alpha value is -2.18. The first-order chi connectivity index (χ1) is 10.3. The number of rotatable bonds is 1. The Balaban J connectivity index is 2.21. The lowest BCUT2D eigenvalue weighted by Crippen LogP contribution is -2.54. The third kappa shape index (κ3) is 2.30. The summed E-state index contributed by atoms with van der Waals surface area (Å²) in [5.41, 5.74) is 0.627. The van der Waals surface area contributed by atoms with Crippen LogP contribution in [0.1, 0.15) is 33.5 Å².